The minimum atomic E-state index is -3.92. The molecule has 0 unspecified atom stereocenters. The Morgan fingerprint density at radius 2 is 1.92 bits per heavy atom. The molecule has 0 bridgehead atoms. The van der Waals surface area contributed by atoms with Gasteiger partial charge in [-0.1, -0.05) is 12.5 Å². The maximum atomic E-state index is 12.2. The van der Waals surface area contributed by atoms with Crippen LogP contribution in [0.4, 0.5) is 5.69 Å². The van der Waals surface area contributed by atoms with E-state index in [2.05, 4.69) is 25.5 Å². The Bertz CT molecular complexity index is 880. The highest BCUT2D eigenvalue weighted by molar-refractivity contribution is 7.89. The van der Waals surface area contributed by atoms with Gasteiger partial charge in [-0.3, -0.25) is 0 Å². The van der Waals surface area contributed by atoms with Crippen LogP contribution in [0.1, 0.15) is 37.7 Å². The molecule has 25 heavy (non-hydrogen) atoms. The Morgan fingerprint density at radius 1 is 1.20 bits per heavy atom. The third-order valence-corrected chi connectivity index (χ3v) is 6.86. The summed E-state index contributed by atoms with van der Waals surface area (Å²) < 4.78 is 24.5. The average Bonchev–Trinajstić information content (AvgIpc) is 3.06. The van der Waals surface area contributed by atoms with Crippen LogP contribution in [0.3, 0.4) is 0 Å². The highest BCUT2D eigenvalue weighted by Gasteiger charge is 2.40. The van der Waals surface area contributed by atoms with Gasteiger partial charge in [-0.05, 0) is 54.9 Å². The van der Waals surface area contributed by atoms with Crippen molar-refractivity contribution in [3.05, 3.63) is 17.7 Å². The molecule has 1 spiro atoms. The van der Waals surface area contributed by atoms with Crippen LogP contribution < -0.4 is 10.0 Å². The number of nitrogens with two attached hydrogens (primary N) is 1. The van der Waals surface area contributed by atoms with Gasteiger partial charge in [-0.25, -0.2) is 13.6 Å². The van der Waals surface area contributed by atoms with Crippen LogP contribution in [-0.2, 0) is 10.0 Å². The van der Waals surface area contributed by atoms with E-state index in [1.807, 2.05) is 6.07 Å². The number of anilines is 1. The molecule has 3 N–H and O–H groups in total. The monoisotopic (exact) mass is 362 g/mol. The van der Waals surface area contributed by atoms with Gasteiger partial charge in [0.15, 0.2) is 0 Å². The van der Waals surface area contributed by atoms with Crippen molar-refractivity contribution in [2.75, 3.05) is 18.0 Å². The first-order valence-electron chi connectivity index (χ1n) is 8.55. The van der Waals surface area contributed by atoms with Crippen molar-refractivity contribution in [3.8, 4) is 11.4 Å². The fourth-order valence-corrected chi connectivity index (χ4v) is 5.19. The number of tetrazole rings is 1. The molecule has 134 valence electrons. The maximum absolute atomic E-state index is 12.2. The Morgan fingerprint density at radius 3 is 2.44 bits per heavy atom. The number of benzene rings is 1. The van der Waals surface area contributed by atoms with Crippen molar-refractivity contribution < 1.29 is 8.42 Å². The molecule has 0 amide bonds. The zero-order valence-corrected chi connectivity index (χ0v) is 15.0. The molecular weight excluding hydrogens is 340 g/mol. The molecule has 2 aromatic rings. The molecule has 0 atom stereocenters. The molecule has 1 aliphatic heterocycles. The molecule has 1 saturated heterocycles. The summed E-state index contributed by atoms with van der Waals surface area (Å²) in [7, 11) is -3.92. The summed E-state index contributed by atoms with van der Waals surface area (Å²) in [5.74, 6) is 0.256. The number of primary sulfonamides is 1. The predicted octanol–water partition coefficient (Wildman–Crippen LogP) is 1.59. The molecule has 2 heterocycles. The van der Waals surface area contributed by atoms with Crippen molar-refractivity contribution in [1.82, 2.24) is 20.6 Å². The predicted molar refractivity (Wildman–Crippen MR) is 93.5 cm³/mol. The zero-order valence-electron chi connectivity index (χ0n) is 14.2. The molecule has 2 fully saturated rings. The van der Waals surface area contributed by atoms with E-state index in [1.54, 1.807) is 13.0 Å². The number of aryl methyl sites for hydroxylation is 1. The number of sulfonamides is 1. The minimum Gasteiger partial charge on any atom is -0.371 e. The highest BCUT2D eigenvalue weighted by atomic mass is 32.2. The SMILES string of the molecule is Cc1ccc(N2CCC3(CCC3)CC2)c(-c2nn[nH]n2)c1S(N)(=O)=O. The molecule has 1 aliphatic carbocycles. The fourth-order valence-electron chi connectivity index (χ4n) is 4.19. The second-order valence-corrected chi connectivity index (χ2v) is 8.72. The number of H-pyrrole nitrogens is 1. The molecule has 1 aromatic heterocycles. The van der Waals surface area contributed by atoms with Gasteiger partial charge in [-0.2, -0.15) is 5.21 Å². The van der Waals surface area contributed by atoms with Gasteiger partial charge in [0.2, 0.25) is 15.8 Å². The third kappa shape index (κ3) is 2.81. The second-order valence-electron chi connectivity index (χ2n) is 7.23. The largest absolute Gasteiger partial charge is 0.371 e. The fraction of sp³-hybridized carbons (Fsp3) is 0.562. The van der Waals surface area contributed by atoms with Crippen molar-refractivity contribution in [2.45, 2.75) is 43.9 Å². The number of nitrogens with zero attached hydrogens (tertiary/aromatic N) is 4. The van der Waals surface area contributed by atoms with E-state index in [9.17, 15) is 8.42 Å². The normalized spacial score (nSPS) is 19.8. The quantitative estimate of drug-likeness (QED) is 0.856. The van der Waals surface area contributed by atoms with Crippen molar-refractivity contribution in [3.63, 3.8) is 0 Å². The molecule has 8 nitrogen and oxygen atoms in total. The van der Waals surface area contributed by atoms with Crippen LogP contribution in [0.5, 0.6) is 0 Å². The third-order valence-electron chi connectivity index (χ3n) is 5.77. The van der Waals surface area contributed by atoms with Crippen LogP contribution in [0.15, 0.2) is 17.0 Å². The Balaban J connectivity index is 1.80. The van der Waals surface area contributed by atoms with Crippen LogP contribution in [-0.4, -0.2) is 42.1 Å². The number of rotatable bonds is 3. The minimum absolute atomic E-state index is 0.0790. The number of nitrogens with one attached hydrogen (secondary N) is 1. The Labute approximate surface area is 146 Å². The van der Waals surface area contributed by atoms with Crippen molar-refractivity contribution >= 4 is 15.7 Å². The van der Waals surface area contributed by atoms with E-state index in [0.717, 1.165) is 31.6 Å². The summed E-state index contributed by atoms with van der Waals surface area (Å²) in [4.78, 5) is 2.30. The first-order valence-corrected chi connectivity index (χ1v) is 10.1. The molecule has 1 saturated carbocycles. The summed E-state index contributed by atoms with van der Waals surface area (Å²) in [5.41, 5.74) is 2.35. The van der Waals surface area contributed by atoms with Gasteiger partial charge in [-0.15, -0.1) is 10.2 Å². The van der Waals surface area contributed by atoms with E-state index < -0.39 is 10.0 Å². The van der Waals surface area contributed by atoms with Gasteiger partial charge >= 0.3 is 0 Å². The van der Waals surface area contributed by atoms with Gasteiger partial charge in [0, 0.05) is 18.8 Å². The number of piperidine rings is 1. The summed E-state index contributed by atoms with van der Waals surface area (Å²) in [5, 5.41) is 19.5. The molecular formula is C16H22N6O2S. The van der Waals surface area contributed by atoms with Crippen molar-refractivity contribution in [1.29, 1.82) is 0 Å². The molecule has 9 heteroatoms. The van der Waals surface area contributed by atoms with Gasteiger partial charge in [0.1, 0.15) is 0 Å². The van der Waals surface area contributed by atoms with E-state index in [4.69, 9.17) is 5.14 Å². The van der Waals surface area contributed by atoms with Gasteiger partial charge < -0.3 is 4.90 Å². The van der Waals surface area contributed by atoms with Crippen LogP contribution in [0.2, 0.25) is 0 Å². The van der Waals surface area contributed by atoms with E-state index in [1.165, 1.54) is 19.3 Å². The zero-order chi connectivity index (χ0) is 17.7. The first kappa shape index (κ1) is 16.5. The molecule has 4 rings (SSSR count). The molecule has 2 aliphatic rings. The van der Waals surface area contributed by atoms with Gasteiger partial charge in [0.05, 0.1) is 10.5 Å². The van der Waals surface area contributed by atoms with E-state index in [-0.39, 0.29) is 10.7 Å². The molecule has 1 aromatic carbocycles. The van der Waals surface area contributed by atoms with Crippen LogP contribution >= 0.6 is 0 Å². The second kappa shape index (κ2) is 5.77. The van der Waals surface area contributed by atoms with Crippen molar-refractivity contribution in [2.24, 2.45) is 10.6 Å². The number of aromatic nitrogens is 4. The van der Waals surface area contributed by atoms with Crippen LogP contribution in [0, 0.1) is 12.3 Å². The summed E-state index contributed by atoms with van der Waals surface area (Å²) in [6, 6.07) is 3.74. The number of hydrogen-bond acceptors (Lipinski definition) is 6. The lowest BCUT2D eigenvalue weighted by Gasteiger charge is -2.48. The average molecular weight is 362 g/mol. The molecule has 0 radical (unpaired) electrons. The van der Waals surface area contributed by atoms with E-state index in [0.29, 0.717) is 16.5 Å². The maximum Gasteiger partial charge on any atom is 0.239 e. The summed E-state index contributed by atoms with van der Waals surface area (Å²) in [6.07, 6.45) is 6.23. The Hall–Kier alpha value is -2.00. The van der Waals surface area contributed by atoms with E-state index >= 15 is 0 Å². The Kier molecular flexibility index (Phi) is 3.80. The lowest BCUT2D eigenvalue weighted by atomic mass is 9.63. The lowest BCUT2D eigenvalue weighted by molar-refractivity contribution is 0.0955. The number of aromatic amines is 1. The number of hydrogen-bond donors (Lipinski definition) is 2. The smallest absolute Gasteiger partial charge is 0.239 e. The standard InChI is InChI=1S/C16H22N6O2S/c1-11-3-4-12(22-9-7-16(8-10-22)5-2-6-16)13(14(11)25(17,23)24)15-18-20-21-19-15/h3-4H,2,5-10H2,1H3,(H2,17,23,24)(H,18,19,20,21). The lowest BCUT2D eigenvalue weighted by Crippen LogP contribution is -2.43. The first-order chi connectivity index (χ1) is 11.9. The highest BCUT2D eigenvalue weighted by Crippen LogP contribution is 2.50. The summed E-state index contributed by atoms with van der Waals surface area (Å²) in [6.45, 7) is 3.53. The topological polar surface area (TPSA) is 118 Å². The summed E-state index contributed by atoms with van der Waals surface area (Å²) >= 11 is 0. The van der Waals surface area contributed by atoms with Crippen LogP contribution in [0.25, 0.3) is 11.4 Å². The van der Waals surface area contributed by atoms with Gasteiger partial charge in [0.25, 0.3) is 0 Å².